The van der Waals surface area contributed by atoms with Crippen molar-refractivity contribution in [3.63, 3.8) is 0 Å². The highest BCUT2D eigenvalue weighted by Gasteiger charge is 2.10. The van der Waals surface area contributed by atoms with E-state index < -0.39 is 0 Å². The van der Waals surface area contributed by atoms with Gasteiger partial charge < -0.3 is 5.32 Å². The molecule has 0 saturated heterocycles. The molecule has 1 amide bonds. The predicted octanol–water partition coefficient (Wildman–Crippen LogP) is 2.03. The van der Waals surface area contributed by atoms with Crippen LogP contribution in [0.3, 0.4) is 0 Å². The highest BCUT2D eigenvalue weighted by Crippen LogP contribution is 2.22. The van der Waals surface area contributed by atoms with Crippen molar-refractivity contribution in [2.45, 2.75) is 13.5 Å². The number of rotatable bonds is 4. The minimum atomic E-state index is -0.371. The first kappa shape index (κ1) is 15.9. The zero-order valence-electron chi connectivity index (χ0n) is 12.8. The molecule has 0 radical (unpaired) electrons. The van der Waals surface area contributed by atoms with Crippen molar-refractivity contribution < 1.29 is 4.79 Å². The van der Waals surface area contributed by atoms with Crippen molar-refractivity contribution in [3.05, 3.63) is 69.7 Å². The smallest absolute Gasteiger partial charge is 0.267 e. The third-order valence-electron chi connectivity index (χ3n) is 3.43. The summed E-state index contributed by atoms with van der Waals surface area (Å²) in [6, 6.07) is 9.87. The van der Waals surface area contributed by atoms with Crippen LogP contribution in [0.1, 0.15) is 5.56 Å². The molecular formula is C16H14ClN5O2. The summed E-state index contributed by atoms with van der Waals surface area (Å²) in [5.74, 6) is 0.0823. The Morgan fingerprint density at radius 3 is 2.83 bits per heavy atom. The van der Waals surface area contributed by atoms with Gasteiger partial charge in [0.05, 0.1) is 0 Å². The van der Waals surface area contributed by atoms with Crippen LogP contribution in [0.2, 0.25) is 5.02 Å². The average molecular weight is 344 g/mol. The number of nitrogens with zero attached hydrogens (tertiary/aromatic N) is 4. The first-order valence-corrected chi connectivity index (χ1v) is 7.55. The molecule has 0 aliphatic rings. The van der Waals surface area contributed by atoms with E-state index in [1.54, 1.807) is 49.6 Å². The Labute approximate surface area is 142 Å². The normalized spacial score (nSPS) is 10.6. The van der Waals surface area contributed by atoms with Crippen molar-refractivity contribution in [3.8, 4) is 5.82 Å². The molecule has 0 fully saturated rings. The number of aromatic nitrogens is 4. The lowest BCUT2D eigenvalue weighted by molar-refractivity contribution is -0.117. The molecule has 2 aromatic heterocycles. The summed E-state index contributed by atoms with van der Waals surface area (Å²) >= 11 is 6.03. The van der Waals surface area contributed by atoms with Crippen molar-refractivity contribution in [2.24, 2.45) is 0 Å². The molecule has 0 aliphatic carbocycles. The fourth-order valence-corrected chi connectivity index (χ4v) is 2.32. The standard InChI is InChI=1S/C16H14ClN5O2/c1-11-12(17)4-2-5-13(11)19-15(23)10-22-16(24)7-6-14(20-22)21-9-3-8-18-21/h2-9H,10H2,1H3,(H,19,23). The van der Waals surface area contributed by atoms with Gasteiger partial charge in [-0.1, -0.05) is 17.7 Å². The summed E-state index contributed by atoms with van der Waals surface area (Å²) in [5, 5.41) is 11.5. The summed E-state index contributed by atoms with van der Waals surface area (Å²) in [6.45, 7) is 1.60. The van der Waals surface area contributed by atoms with Gasteiger partial charge in [-0.3, -0.25) is 9.59 Å². The van der Waals surface area contributed by atoms with Gasteiger partial charge in [-0.05, 0) is 36.8 Å². The number of carbonyl (C=O) groups excluding carboxylic acids is 1. The maximum absolute atomic E-state index is 12.2. The minimum absolute atomic E-state index is 0.208. The summed E-state index contributed by atoms with van der Waals surface area (Å²) in [5.41, 5.74) is 0.991. The third kappa shape index (κ3) is 3.36. The molecule has 0 unspecified atom stereocenters. The Hall–Kier alpha value is -2.93. The zero-order chi connectivity index (χ0) is 17.1. The molecule has 24 heavy (non-hydrogen) atoms. The number of anilines is 1. The van der Waals surface area contributed by atoms with E-state index in [2.05, 4.69) is 15.5 Å². The van der Waals surface area contributed by atoms with Crippen molar-refractivity contribution in [1.82, 2.24) is 19.6 Å². The Morgan fingerprint density at radius 1 is 1.25 bits per heavy atom. The van der Waals surface area contributed by atoms with Gasteiger partial charge >= 0.3 is 0 Å². The second-order valence-electron chi connectivity index (χ2n) is 5.10. The number of amides is 1. The van der Waals surface area contributed by atoms with Crippen LogP contribution in [0.25, 0.3) is 5.82 Å². The minimum Gasteiger partial charge on any atom is -0.324 e. The SMILES string of the molecule is Cc1c(Cl)cccc1NC(=O)Cn1nc(-n2cccn2)ccc1=O. The van der Waals surface area contributed by atoms with Gasteiger partial charge in [-0.15, -0.1) is 5.10 Å². The monoisotopic (exact) mass is 343 g/mol. The van der Waals surface area contributed by atoms with Crippen LogP contribution in [-0.4, -0.2) is 25.5 Å². The highest BCUT2D eigenvalue weighted by molar-refractivity contribution is 6.31. The number of hydrogen-bond acceptors (Lipinski definition) is 4. The van der Waals surface area contributed by atoms with Crippen LogP contribution >= 0.6 is 11.6 Å². The third-order valence-corrected chi connectivity index (χ3v) is 3.84. The molecule has 0 atom stereocenters. The van der Waals surface area contributed by atoms with Gasteiger partial charge in [0.25, 0.3) is 5.56 Å². The van der Waals surface area contributed by atoms with Gasteiger partial charge in [-0.2, -0.15) is 5.10 Å². The molecule has 2 heterocycles. The summed E-state index contributed by atoms with van der Waals surface area (Å²) in [6.07, 6.45) is 3.30. The topological polar surface area (TPSA) is 81.8 Å². The Balaban J connectivity index is 1.80. The molecule has 3 rings (SSSR count). The van der Waals surface area contributed by atoms with E-state index in [0.717, 1.165) is 10.2 Å². The number of hydrogen-bond donors (Lipinski definition) is 1. The van der Waals surface area contributed by atoms with Crippen LogP contribution in [0.5, 0.6) is 0 Å². The molecule has 0 bridgehead atoms. The predicted molar refractivity (Wildman–Crippen MR) is 90.4 cm³/mol. The number of benzene rings is 1. The summed E-state index contributed by atoms with van der Waals surface area (Å²) < 4.78 is 2.60. The Bertz CT molecular complexity index is 934. The maximum Gasteiger partial charge on any atom is 0.267 e. The molecule has 0 spiro atoms. The molecule has 7 nitrogen and oxygen atoms in total. The summed E-state index contributed by atoms with van der Waals surface area (Å²) in [4.78, 5) is 24.1. The zero-order valence-corrected chi connectivity index (χ0v) is 13.6. The fraction of sp³-hybridized carbons (Fsp3) is 0.125. The molecule has 1 aromatic carbocycles. The van der Waals surface area contributed by atoms with Gasteiger partial charge in [0.2, 0.25) is 5.91 Å². The van der Waals surface area contributed by atoms with E-state index in [1.807, 2.05) is 0 Å². The first-order valence-electron chi connectivity index (χ1n) is 7.18. The van der Waals surface area contributed by atoms with Crippen LogP contribution in [0.4, 0.5) is 5.69 Å². The number of carbonyl (C=O) groups is 1. The van der Waals surface area contributed by atoms with Gasteiger partial charge in [-0.25, -0.2) is 9.36 Å². The van der Waals surface area contributed by atoms with Crippen molar-refractivity contribution >= 4 is 23.2 Å². The molecule has 0 saturated carbocycles. The fourth-order valence-electron chi connectivity index (χ4n) is 2.15. The first-order chi connectivity index (χ1) is 11.5. The average Bonchev–Trinajstić information content (AvgIpc) is 3.08. The van der Waals surface area contributed by atoms with E-state index in [-0.39, 0.29) is 18.0 Å². The maximum atomic E-state index is 12.2. The second-order valence-corrected chi connectivity index (χ2v) is 5.51. The lowest BCUT2D eigenvalue weighted by Crippen LogP contribution is -2.30. The van der Waals surface area contributed by atoms with Gasteiger partial charge in [0.15, 0.2) is 5.82 Å². The highest BCUT2D eigenvalue weighted by atomic mass is 35.5. The van der Waals surface area contributed by atoms with E-state index >= 15 is 0 Å². The van der Waals surface area contributed by atoms with E-state index in [4.69, 9.17) is 11.6 Å². The quantitative estimate of drug-likeness (QED) is 0.785. The molecule has 1 N–H and O–H groups in total. The summed E-state index contributed by atoms with van der Waals surface area (Å²) in [7, 11) is 0. The van der Waals surface area contributed by atoms with Crippen LogP contribution in [0, 0.1) is 6.92 Å². The van der Waals surface area contributed by atoms with E-state index in [9.17, 15) is 9.59 Å². The van der Waals surface area contributed by atoms with Crippen LogP contribution in [-0.2, 0) is 11.3 Å². The lowest BCUT2D eigenvalue weighted by Gasteiger charge is -2.10. The lowest BCUT2D eigenvalue weighted by atomic mass is 10.2. The van der Waals surface area contributed by atoms with Gasteiger partial charge in [0.1, 0.15) is 6.54 Å². The van der Waals surface area contributed by atoms with E-state index in [1.165, 1.54) is 10.7 Å². The molecular weight excluding hydrogens is 330 g/mol. The van der Waals surface area contributed by atoms with Crippen LogP contribution < -0.4 is 10.9 Å². The molecule has 3 aromatic rings. The number of nitrogens with one attached hydrogen (secondary N) is 1. The molecule has 8 heteroatoms. The van der Waals surface area contributed by atoms with E-state index in [0.29, 0.717) is 16.5 Å². The molecule has 122 valence electrons. The van der Waals surface area contributed by atoms with Crippen LogP contribution in [0.15, 0.2) is 53.6 Å². The Kier molecular flexibility index (Phi) is 4.43. The van der Waals surface area contributed by atoms with Gasteiger partial charge in [0, 0.05) is 29.2 Å². The Morgan fingerprint density at radius 2 is 2.08 bits per heavy atom. The second kappa shape index (κ2) is 6.67. The van der Waals surface area contributed by atoms with Crippen molar-refractivity contribution in [1.29, 1.82) is 0 Å². The molecule has 0 aliphatic heterocycles. The largest absolute Gasteiger partial charge is 0.324 e. The van der Waals surface area contributed by atoms with Crippen molar-refractivity contribution in [2.75, 3.05) is 5.32 Å². The number of halogens is 1.